The Labute approximate surface area is 109 Å². The summed E-state index contributed by atoms with van der Waals surface area (Å²) in [7, 11) is 0. The molecule has 1 aromatic heterocycles. The van der Waals surface area contributed by atoms with Crippen LogP contribution in [-0.2, 0) is 18.0 Å². The second-order valence-electron chi connectivity index (χ2n) is 4.39. The molecule has 90 valence electrons. The van der Waals surface area contributed by atoms with Gasteiger partial charge in [-0.3, -0.25) is 0 Å². The molecule has 4 heteroatoms. The first-order chi connectivity index (χ1) is 8.70. The molecule has 0 atom stereocenters. The van der Waals surface area contributed by atoms with Gasteiger partial charge in [0.05, 0.1) is 18.9 Å². The highest BCUT2D eigenvalue weighted by atomic mass is 32.1. The molecule has 0 spiro atoms. The number of fused-ring (bicyclic) bond motifs is 1. The van der Waals surface area contributed by atoms with Gasteiger partial charge in [0.1, 0.15) is 10.9 Å². The van der Waals surface area contributed by atoms with Gasteiger partial charge in [0, 0.05) is 4.88 Å². The van der Waals surface area contributed by atoms with Gasteiger partial charge in [0.2, 0.25) is 0 Å². The predicted octanol–water partition coefficient (Wildman–Crippen LogP) is 3.21. The van der Waals surface area contributed by atoms with E-state index in [9.17, 15) is 0 Å². The largest absolute Gasteiger partial charge is 0.397 e. The van der Waals surface area contributed by atoms with E-state index in [1.54, 1.807) is 0 Å². The molecule has 2 aromatic rings. The van der Waals surface area contributed by atoms with Crippen LogP contribution in [0.1, 0.15) is 21.6 Å². The molecule has 0 aliphatic carbocycles. The first-order valence-electron chi connectivity index (χ1n) is 5.69. The second-order valence-corrected chi connectivity index (χ2v) is 5.41. The number of ether oxygens (including phenoxy) is 1. The Kier molecular flexibility index (Phi) is 2.58. The van der Waals surface area contributed by atoms with Crippen LogP contribution in [0.15, 0.2) is 18.2 Å². The minimum absolute atomic E-state index is 0.597. The van der Waals surface area contributed by atoms with E-state index in [4.69, 9.17) is 15.7 Å². The molecule has 1 aliphatic heterocycles. The summed E-state index contributed by atoms with van der Waals surface area (Å²) in [4.78, 5) is 1.68. The van der Waals surface area contributed by atoms with Crippen LogP contribution in [-0.4, -0.2) is 0 Å². The Bertz CT molecular complexity index is 667. The lowest BCUT2D eigenvalue weighted by molar-refractivity contribution is 0.134. The number of nitrogens with zero attached hydrogens (tertiary/aromatic N) is 1. The average Bonchev–Trinajstić information content (AvgIpc) is 2.95. The number of hydrogen-bond acceptors (Lipinski definition) is 4. The maximum Gasteiger partial charge on any atom is 0.128 e. The number of hydrogen-bond donors (Lipinski definition) is 1. The Morgan fingerprint density at radius 3 is 2.83 bits per heavy atom. The molecular weight excluding hydrogens is 244 g/mol. The van der Waals surface area contributed by atoms with Crippen LogP contribution in [0.3, 0.4) is 0 Å². The highest BCUT2D eigenvalue weighted by molar-refractivity contribution is 7.16. The maximum absolute atomic E-state index is 9.02. The molecule has 3 nitrogen and oxygen atoms in total. The Morgan fingerprint density at radius 1 is 1.33 bits per heavy atom. The molecule has 2 N–H and O–H groups in total. The van der Waals surface area contributed by atoms with Crippen LogP contribution in [0.25, 0.3) is 10.4 Å². The summed E-state index contributed by atoms with van der Waals surface area (Å²) >= 11 is 1.46. The molecule has 0 saturated carbocycles. The molecule has 0 unspecified atom stereocenters. The van der Waals surface area contributed by atoms with E-state index in [2.05, 4.69) is 24.3 Å². The van der Waals surface area contributed by atoms with Gasteiger partial charge in [0.25, 0.3) is 0 Å². The van der Waals surface area contributed by atoms with E-state index < -0.39 is 0 Å². The van der Waals surface area contributed by atoms with Gasteiger partial charge < -0.3 is 10.5 Å². The van der Waals surface area contributed by atoms with Crippen LogP contribution in [0.4, 0.5) is 5.69 Å². The number of nitrogens with two attached hydrogens (primary N) is 1. The molecule has 0 bridgehead atoms. The van der Waals surface area contributed by atoms with Gasteiger partial charge in [-0.1, -0.05) is 12.1 Å². The minimum atomic E-state index is 0.597. The zero-order valence-corrected chi connectivity index (χ0v) is 10.8. The number of thiophene rings is 1. The van der Waals surface area contributed by atoms with Crippen LogP contribution in [0, 0.1) is 18.3 Å². The minimum Gasteiger partial charge on any atom is -0.397 e. The zero-order valence-electron chi connectivity index (χ0n) is 9.99. The van der Waals surface area contributed by atoms with Crippen molar-refractivity contribution in [2.45, 2.75) is 20.1 Å². The summed E-state index contributed by atoms with van der Waals surface area (Å²) in [6.45, 7) is 3.34. The average molecular weight is 256 g/mol. The number of anilines is 1. The molecule has 1 aromatic carbocycles. The van der Waals surface area contributed by atoms with Crippen molar-refractivity contribution in [3.63, 3.8) is 0 Å². The highest BCUT2D eigenvalue weighted by Crippen LogP contribution is 2.38. The number of rotatable bonds is 1. The molecule has 2 heterocycles. The van der Waals surface area contributed by atoms with Crippen molar-refractivity contribution in [3.05, 3.63) is 39.8 Å². The maximum atomic E-state index is 9.02. The summed E-state index contributed by atoms with van der Waals surface area (Å²) < 4.78 is 5.41. The molecule has 0 saturated heterocycles. The first kappa shape index (κ1) is 11.3. The SMILES string of the molecule is Cc1c(-c2ccc3c(c2)COC3)sc(C#N)c1N. The van der Waals surface area contributed by atoms with Gasteiger partial charge in [-0.2, -0.15) is 5.26 Å². The fraction of sp³-hybridized carbons (Fsp3) is 0.214. The van der Waals surface area contributed by atoms with Crippen molar-refractivity contribution in [2.75, 3.05) is 5.73 Å². The monoisotopic (exact) mass is 256 g/mol. The number of benzene rings is 1. The van der Waals surface area contributed by atoms with Crippen molar-refractivity contribution in [3.8, 4) is 16.5 Å². The third-order valence-corrected chi connectivity index (χ3v) is 4.54. The van der Waals surface area contributed by atoms with Gasteiger partial charge in [-0.05, 0) is 35.2 Å². The number of nitriles is 1. The molecular formula is C14H12N2OS. The van der Waals surface area contributed by atoms with Crippen LogP contribution in [0.2, 0.25) is 0 Å². The summed E-state index contributed by atoms with van der Waals surface area (Å²) in [5.74, 6) is 0. The molecule has 18 heavy (non-hydrogen) atoms. The van der Waals surface area contributed by atoms with E-state index in [-0.39, 0.29) is 0 Å². The van der Waals surface area contributed by atoms with E-state index in [1.807, 2.05) is 6.92 Å². The first-order valence-corrected chi connectivity index (χ1v) is 6.51. The quantitative estimate of drug-likeness (QED) is 0.852. The third kappa shape index (κ3) is 1.60. The Balaban J connectivity index is 2.13. The van der Waals surface area contributed by atoms with Gasteiger partial charge >= 0.3 is 0 Å². The lowest BCUT2D eigenvalue weighted by Gasteiger charge is -2.03. The third-order valence-electron chi connectivity index (χ3n) is 3.28. The summed E-state index contributed by atoms with van der Waals surface area (Å²) in [6, 6.07) is 8.46. The zero-order chi connectivity index (χ0) is 12.7. The predicted molar refractivity (Wildman–Crippen MR) is 72.1 cm³/mol. The lowest BCUT2D eigenvalue weighted by Crippen LogP contribution is -1.88. The molecule has 1 aliphatic rings. The van der Waals surface area contributed by atoms with Crippen LogP contribution in [0.5, 0.6) is 0 Å². The van der Waals surface area contributed by atoms with Crippen molar-refractivity contribution >= 4 is 17.0 Å². The fourth-order valence-corrected chi connectivity index (χ4v) is 3.22. The van der Waals surface area contributed by atoms with Crippen LogP contribution >= 0.6 is 11.3 Å². The molecule has 0 radical (unpaired) electrons. The topological polar surface area (TPSA) is 59.0 Å². The van der Waals surface area contributed by atoms with Gasteiger partial charge in [-0.25, -0.2) is 0 Å². The van der Waals surface area contributed by atoms with E-state index >= 15 is 0 Å². The normalized spacial score (nSPS) is 13.3. The van der Waals surface area contributed by atoms with Gasteiger partial charge in [-0.15, -0.1) is 11.3 Å². The van der Waals surface area contributed by atoms with Crippen molar-refractivity contribution in [1.29, 1.82) is 5.26 Å². The molecule has 0 fully saturated rings. The van der Waals surface area contributed by atoms with E-state index in [0.29, 0.717) is 23.8 Å². The summed E-state index contributed by atoms with van der Waals surface area (Å²) in [6.07, 6.45) is 0. The lowest BCUT2D eigenvalue weighted by atomic mass is 10.0. The molecule has 3 rings (SSSR count). The van der Waals surface area contributed by atoms with E-state index in [1.165, 1.54) is 22.5 Å². The summed E-state index contributed by atoms with van der Waals surface area (Å²) in [5, 5.41) is 9.02. The van der Waals surface area contributed by atoms with Crippen molar-refractivity contribution < 1.29 is 4.74 Å². The second kappa shape index (κ2) is 4.13. The standard InChI is InChI=1S/C14H12N2OS/c1-8-13(16)12(5-15)18-14(8)9-2-3-10-6-17-7-11(10)4-9/h2-4H,6-7,16H2,1H3. The van der Waals surface area contributed by atoms with E-state index in [0.717, 1.165) is 16.0 Å². The Hall–Kier alpha value is -1.83. The van der Waals surface area contributed by atoms with Gasteiger partial charge in [0.15, 0.2) is 0 Å². The summed E-state index contributed by atoms with van der Waals surface area (Å²) in [5.41, 5.74) is 11.1. The smallest absolute Gasteiger partial charge is 0.128 e. The Morgan fingerprint density at radius 2 is 2.11 bits per heavy atom. The van der Waals surface area contributed by atoms with Crippen LogP contribution < -0.4 is 5.73 Å². The van der Waals surface area contributed by atoms with Crippen molar-refractivity contribution in [1.82, 2.24) is 0 Å². The molecule has 0 amide bonds. The van der Waals surface area contributed by atoms with Crippen molar-refractivity contribution in [2.24, 2.45) is 0 Å². The fourth-order valence-electron chi connectivity index (χ4n) is 2.20. The number of nitrogen functional groups attached to an aromatic ring is 1. The highest BCUT2D eigenvalue weighted by Gasteiger charge is 2.16.